The summed E-state index contributed by atoms with van der Waals surface area (Å²) in [5, 5.41) is 8.45. The first-order chi connectivity index (χ1) is 8.09. The summed E-state index contributed by atoms with van der Waals surface area (Å²) in [6.45, 7) is 0.205. The van der Waals surface area contributed by atoms with Crippen LogP contribution in [0.5, 0.6) is 0 Å². The van der Waals surface area contributed by atoms with Gasteiger partial charge in [-0.05, 0) is 5.56 Å². The van der Waals surface area contributed by atoms with Gasteiger partial charge in [0, 0.05) is 6.42 Å². The molecule has 0 aliphatic rings. The molecule has 0 saturated heterocycles. The molecular weight excluding hydrogens is 222 g/mol. The summed E-state index contributed by atoms with van der Waals surface area (Å²) in [5.41, 5.74) is 6.39. The average Bonchev–Trinajstić information content (AvgIpc) is 2.29. The zero-order valence-electron chi connectivity index (χ0n) is 9.33. The Balaban J connectivity index is 2.27. The van der Waals surface area contributed by atoms with E-state index in [1.165, 1.54) is 0 Å². The highest BCUT2D eigenvalue weighted by Gasteiger charge is 2.18. The molecule has 1 aromatic rings. The largest absolute Gasteiger partial charge is 0.481 e. The summed E-state index contributed by atoms with van der Waals surface area (Å²) in [6, 6.07) is 8.44. The van der Waals surface area contributed by atoms with E-state index in [0.29, 0.717) is 6.42 Å². The van der Waals surface area contributed by atoms with Gasteiger partial charge in [-0.1, -0.05) is 30.3 Å². The van der Waals surface area contributed by atoms with Crippen molar-refractivity contribution in [2.75, 3.05) is 6.61 Å². The number of carboxylic acids is 1. The fraction of sp³-hybridized carbons (Fsp3) is 0.333. The molecule has 0 saturated carbocycles. The smallest absolute Gasteiger partial charge is 0.323 e. The lowest BCUT2D eigenvalue weighted by Gasteiger charge is -2.09. The Morgan fingerprint density at radius 1 is 1.29 bits per heavy atom. The number of nitrogens with two attached hydrogens (primary N) is 1. The average molecular weight is 237 g/mol. The Bertz CT molecular complexity index is 377. The van der Waals surface area contributed by atoms with Gasteiger partial charge in [0.15, 0.2) is 0 Å². The standard InChI is InChI=1S/C12H15NO4/c13-10(8-11(14)15)12(16)17-7-6-9-4-2-1-3-5-9/h1-5,10H,6-8,13H2,(H,14,15). The molecule has 0 amide bonds. The third-order valence-electron chi connectivity index (χ3n) is 2.18. The van der Waals surface area contributed by atoms with E-state index in [2.05, 4.69) is 0 Å². The third-order valence-corrected chi connectivity index (χ3v) is 2.18. The van der Waals surface area contributed by atoms with Crippen molar-refractivity contribution in [3.05, 3.63) is 35.9 Å². The molecule has 0 radical (unpaired) electrons. The van der Waals surface area contributed by atoms with E-state index in [1.54, 1.807) is 0 Å². The fourth-order valence-corrected chi connectivity index (χ4v) is 1.29. The molecule has 0 spiro atoms. The molecule has 1 atom stereocenters. The summed E-state index contributed by atoms with van der Waals surface area (Å²) in [6.07, 6.45) is 0.177. The first-order valence-electron chi connectivity index (χ1n) is 5.27. The molecule has 92 valence electrons. The van der Waals surface area contributed by atoms with Crippen molar-refractivity contribution < 1.29 is 19.4 Å². The number of carbonyl (C=O) groups excluding carboxylic acids is 1. The molecule has 17 heavy (non-hydrogen) atoms. The van der Waals surface area contributed by atoms with Gasteiger partial charge in [-0.15, -0.1) is 0 Å². The van der Waals surface area contributed by atoms with Crippen LogP contribution in [0.2, 0.25) is 0 Å². The lowest BCUT2D eigenvalue weighted by Crippen LogP contribution is -2.34. The first-order valence-corrected chi connectivity index (χ1v) is 5.27. The van der Waals surface area contributed by atoms with Gasteiger partial charge in [-0.25, -0.2) is 0 Å². The van der Waals surface area contributed by atoms with E-state index >= 15 is 0 Å². The van der Waals surface area contributed by atoms with Gasteiger partial charge in [0.05, 0.1) is 13.0 Å². The van der Waals surface area contributed by atoms with E-state index in [0.717, 1.165) is 5.56 Å². The molecule has 0 aliphatic carbocycles. The van der Waals surface area contributed by atoms with Crippen LogP contribution in [0.15, 0.2) is 30.3 Å². The van der Waals surface area contributed by atoms with Gasteiger partial charge in [-0.3, -0.25) is 9.59 Å². The van der Waals surface area contributed by atoms with Crippen molar-refractivity contribution in [2.45, 2.75) is 18.9 Å². The Morgan fingerprint density at radius 3 is 2.53 bits per heavy atom. The minimum absolute atomic E-state index is 0.205. The zero-order valence-corrected chi connectivity index (χ0v) is 9.33. The lowest BCUT2D eigenvalue weighted by molar-refractivity contribution is -0.149. The molecule has 5 heteroatoms. The lowest BCUT2D eigenvalue weighted by atomic mass is 10.2. The molecule has 5 nitrogen and oxygen atoms in total. The van der Waals surface area contributed by atoms with Crippen LogP contribution in [0, 0.1) is 0 Å². The van der Waals surface area contributed by atoms with Gasteiger partial charge in [-0.2, -0.15) is 0 Å². The maximum Gasteiger partial charge on any atom is 0.323 e. The van der Waals surface area contributed by atoms with E-state index in [1.807, 2.05) is 30.3 Å². The third kappa shape index (κ3) is 5.12. The number of hydrogen-bond donors (Lipinski definition) is 2. The molecule has 1 unspecified atom stereocenters. The molecule has 0 heterocycles. The predicted octanol–water partition coefficient (Wildman–Crippen LogP) is 0.574. The van der Waals surface area contributed by atoms with E-state index < -0.39 is 24.4 Å². The normalized spacial score (nSPS) is 11.8. The van der Waals surface area contributed by atoms with Gasteiger partial charge in [0.25, 0.3) is 0 Å². The topological polar surface area (TPSA) is 89.6 Å². The van der Waals surface area contributed by atoms with Crippen LogP contribution in [0.25, 0.3) is 0 Å². The van der Waals surface area contributed by atoms with Crippen LogP contribution in [-0.4, -0.2) is 29.7 Å². The van der Waals surface area contributed by atoms with Crippen molar-refractivity contribution in [3.8, 4) is 0 Å². The minimum Gasteiger partial charge on any atom is -0.481 e. The number of carboxylic acid groups (broad SMARTS) is 1. The zero-order chi connectivity index (χ0) is 12.7. The fourth-order valence-electron chi connectivity index (χ4n) is 1.29. The number of aliphatic carboxylic acids is 1. The highest BCUT2D eigenvalue weighted by molar-refractivity contribution is 5.81. The van der Waals surface area contributed by atoms with Gasteiger partial charge in [0.2, 0.25) is 0 Å². The monoisotopic (exact) mass is 237 g/mol. The summed E-state index contributed by atoms with van der Waals surface area (Å²) < 4.78 is 4.88. The van der Waals surface area contributed by atoms with Crippen LogP contribution < -0.4 is 5.73 Å². The molecule has 1 rings (SSSR count). The number of hydrogen-bond acceptors (Lipinski definition) is 4. The highest BCUT2D eigenvalue weighted by Crippen LogP contribution is 2.00. The maximum absolute atomic E-state index is 11.3. The highest BCUT2D eigenvalue weighted by atomic mass is 16.5. The molecule has 0 bridgehead atoms. The van der Waals surface area contributed by atoms with Crippen LogP contribution in [0.3, 0.4) is 0 Å². The Morgan fingerprint density at radius 2 is 1.94 bits per heavy atom. The molecule has 0 aromatic heterocycles. The van der Waals surface area contributed by atoms with E-state index in [9.17, 15) is 9.59 Å². The van der Waals surface area contributed by atoms with Gasteiger partial charge >= 0.3 is 11.9 Å². The molecular formula is C12H15NO4. The van der Waals surface area contributed by atoms with Crippen molar-refractivity contribution in [3.63, 3.8) is 0 Å². The minimum atomic E-state index is -1.11. The summed E-state index contributed by atoms with van der Waals surface area (Å²) in [4.78, 5) is 21.6. The predicted molar refractivity (Wildman–Crippen MR) is 61.3 cm³/mol. The second-order valence-corrected chi connectivity index (χ2v) is 3.61. The molecule has 0 aliphatic heterocycles. The van der Waals surface area contributed by atoms with Crippen molar-refractivity contribution in [1.29, 1.82) is 0 Å². The van der Waals surface area contributed by atoms with Crippen molar-refractivity contribution >= 4 is 11.9 Å². The van der Waals surface area contributed by atoms with Crippen molar-refractivity contribution in [1.82, 2.24) is 0 Å². The van der Waals surface area contributed by atoms with Crippen LogP contribution >= 0.6 is 0 Å². The SMILES string of the molecule is NC(CC(=O)O)C(=O)OCCc1ccccc1. The summed E-state index contributed by atoms with van der Waals surface area (Å²) >= 11 is 0. The van der Waals surface area contributed by atoms with Crippen molar-refractivity contribution in [2.24, 2.45) is 5.73 Å². The van der Waals surface area contributed by atoms with Crippen LogP contribution in [0.4, 0.5) is 0 Å². The van der Waals surface area contributed by atoms with Gasteiger partial charge in [0.1, 0.15) is 6.04 Å². The summed E-state index contributed by atoms with van der Waals surface area (Å²) in [7, 11) is 0. The number of benzene rings is 1. The number of carbonyl (C=O) groups is 2. The first kappa shape index (κ1) is 13.2. The second-order valence-electron chi connectivity index (χ2n) is 3.61. The molecule has 3 N–H and O–H groups in total. The maximum atomic E-state index is 11.3. The number of ether oxygens (including phenoxy) is 1. The van der Waals surface area contributed by atoms with Crippen LogP contribution in [-0.2, 0) is 20.7 Å². The van der Waals surface area contributed by atoms with E-state index in [-0.39, 0.29) is 6.61 Å². The Hall–Kier alpha value is -1.88. The Labute approximate surface area is 99.2 Å². The number of esters is 1. The Kier molecular flexibility index (Phi) is 5.16. The second kappa shape index (κ2) is 6.65. The quantitative estimate of drug-likeness (QED) is 0.706. The summed E-state index contributed by atoms with van der Waals surface area (Å²) in [5.74, 6) is -1.79. The molecule has 1 aromatic carbocycles. The van der Waals surface area contributed by atoms with E-state index in [4.69, 9.17) is 15.6 Å². The number of rotatable bonds is 6. The molecule has 0 fully saturated rings. The van der Waals surface area contributed by atoms with Crippen LogP contribution in [0.1, 0.15) is 12.0 Å². The van der Waals surface area contributed by atoms with Gasteiger partial charge < -0.3 is 15.6 Å².